The van der Waals surface area contributed by atoms with Gasteiger partial charge in [-0.05, 0) is 38.7 Å². The van der Waals surface area contributed by atoms with Crippen LogP contribution < -0.4 is 0 Å². The van der Waals surface area contributed by atoms with Crippen molar-refractivity contribution >= 4 is 41.2 Å². The Morgan fingerprint density at radius 1 is 0.652 bits per heavy atom. The molecule has 138 valence electrons. The predicted molar refractivity (Wildman–Crippen MR) is 124 cm³/mol. The zero-order chi connectivity index (χ0) is 18.6. The summed E-state index contributed by atoms with van der Waals surface area (Å²) in [5.74, 6) is 2.89. The summed E-state index contributed by atoms with van der Waals surface area (Å²) in [5, 5.41) is 1.65. The van der Waals surface area contributed by atoms with Crippen molar-refractivity contribution in [3.05, 3.63) is 0 Å². The van der Waals surface area contributed by atoms with Crippen LogP contribution in [0.2, 0.25) is 0 Å². The van der Waals surface area contributed by atoms with Crippen molar-refractivity contribution in [2.75, 3.05) is 11.8 Å². The maximum absolute atomic E-state index is 6.65. The van der Waals surface area contributed by atoms with E-state index >= 15 is 0 Å². The highest BCUT2D eigenvalue weighted by Crippen LogP contribution is 3.04. The maximum Gasteiger partial charge on any atom is 0.0655 e. The van der Waals surface area contributed by atoms with Crippen LogP contribution >= 0.6 is 29.0 Å². The summed E-state index contributed by atoms with van der Waals surface area (Å²) in [6.45, 7) is 29.8. The molecule has 5 heteroatoms. The Morgan fingerprint density at radius 3 is 1.30 bits per heavy atom. The van der Waals surface area contributed by atoms with Gasteiger partial charge in [0.25, 0.3) is 0 Å². The molecule has 1 fully saturated rings. The van der Waals surface area contributed by atoms with E-state index in [1.807, 2.05) is 0 Å². The van der Waals surface area contributed by atoms with E-state index in [9.17, 15) is 0 Å². The van der Waals surface area contributed by atoms with Crippen LogP contribution in [0.5, 0.6) is 0 Å². The fourth-order valence-corrected chi connectivity index (χ4v) is 45.8. The van der Waals surface area contributed by atoms with Gasteiger partial charge in [-0.25, -0.2) is 0 Å². The molecule has 0 aliphatic carbocycles. The lowest BCUT2D eigenvalue weighted by atomic mass is 10.3. The Morgan fingerprint density at radius 2 is 1.04 bits per heavy atom. The smallest absolute Gasteiger partial charge is 0.0655 e. The second-order valence-corrected chi connectivity index (χ2v) is 31.4. The lowest BCUT2D eigenvalue weighted by molar-refractivity contribution is 0.764. The largest absolute Gasteiger partial charge is 0.553 e. The average Bonchev–Trinajstić information content (AvgIpc) is 2.22. The van der Waals surface area contributed by atoms with Crippen LogP contribution in [-0.2, 0) is 12.2 Å². The topological polar surface area (TPSA) is 0 Å². The molecule has 0 bridgehead atoms. The molecule has 0 amide bonds. The summed E-state index contributed by atoms with van der Waals surface area (Å²) in [6.07, 6.45) is -1.35. The molecule has 0 saturated carbocycles. The van der Waals surface area contributed by atoms with Crippen molar-refractivity contribution in [3.8, 4) is 0 Å². The number of rotatable bonds is 0. The second-order valence-electron chi connectivity index (χ2n) is 10.9. The lowest BCUT2D eigenvalue weighted by Gasteiger charge is -2.62. The summed E-state index contributed by atoms with van der Waals surface area (Å²) in [7, 11) is 0.0645. The van der Waals surface area contributed by atoms with Gasteiger partial charge in [0.15, 0.2) is 0 Å². The van der Waals surface area contributed by atoms with Crippen LogP contribution in [0.3, 0.4) is 0 Å². The van der Waals surface area contributed by atoms with Gasteiger partial charge in [0.05, 0.1) is 11.1 Å². The molecule has 0 nitrogen and oxygen atoms in total. The summed E-state index contributed by atoms with van der Waals surface area (Å²) in [6, 6.07) is 0. The van der Waals surface area contributed by atoms with Crippen LogP contribution in [0.1, 0.15) is 83.1 Å². The Bertz CT molecular complexity index is 422. The molecular weight excluding hydrogens is 372 g/mol. The monoisotopic (exact) mass is 412 g/mol. The summed E-state index contributed by atoms with van der Waals surface area (Å²) in [5.41, 5.74) is 0. The van der Waals surface area contributed by atoms with E-state index < -0.39 is 6.15 Å². The van der Waals surface area contributed by atoms with Gasteiger partial charge >= 0.3 is 0 Å². The molecule has 0 spiro atoms. The van der Waals surface area contributed by atoms with E-state index in [-0.39, 0.29) is 22.8 Å². The normalized spacial score (nSPS) is 34.6. The summed E-state index contributed by atoms with van der Waals surface area (Å²) in [4.78, 5) is 0. The fraction of sp³-hybridized carbons (Fsp3) is 1.00. The van der Waals surface area contributed by atoms with Gasteiger partial charge in [0.2, 0.25) is 0 Å². The van der Waals surface area contributed by atoms with Crippen molar-refractivity contribution in [2.45, 2.75) is 104 Å². The predicted octanol–water partition coefficient (Wildman–Crippen LogP) is 8.86. The van der Waals surface area contributed by atoms with Gasteiger partial charge in [0, 0.05) is 18.7 Å². The highest BCUT2D eigenvalue weighted by molar-refractivity contribution is 8.75. The molecular formula is C18H40P4S. The van der Waals surface area contributed by atoms with Crippen molar-refractivity contribution in [1.82, 2.24) is 0 Å². The van der Waals surface area contributed by atoms with E-state index in [2.05, 4.69) is 83.1 Å². The Labute approximate surface area is 156 Å². The Kier molecular flexibility index (Phi) is 6.94. The van der Waals surface area contributed by atoms with Crippen LogP contribution in [-0.4, -0.2) is 32.4 Å². The summed E-state index contributed by atoms with van der Waals surface area (Å²) < 4.78 is 0. The molecule has 1 aliphatic heterocycles. The van der Waals surface area contributed by atoms with Crippen LogP contribution in [0.4, 0.5) is 0 Å². The van der Waals surface area contributed by atoms with Gasteiger partial charge in [-0.15, -0.1) is 0 Å². The number of hydrogen-bond donors (Lipinski definition) is 0. The van der Waals surface area contributed by atoms with Gasteiger partial charge < -0.3 is 12.2 Å². The number of hydrogen-bond acceptors (Lipinski definition) is 1. The minimum atomic E-state index is -1.35. The van der Waals surface area contributed by atoms with Crippen LogP contribution in [0, 0.1) is 0 Å². The molecule has 0 aromatic heterocycles. The van der Waals surface area contributed by atoms with E-state index in [0.717, 1.165) is 0 Å². The quantitative estimate of drug-likeness (QED) is 0.283. The third kappa shape index (κ3) is 5.07. The van der Waals surface area contributed by atoms with Crippen molar-refractivity contribution in [1.29, 1.82) is 0 Å². The molecule has 4 atom stereocenters. The van der Waals surface area contributed by atoms with Gasteiger partial charge in [0.1, 0.15) is 0 Å². The van der Waals surface area contributed by atoms with Gasteiger partial charge in [-0.3, -0.25) is 0 Å². The third-order valence-electron chi connectivity index (χ3n) is 4.65. The molecule has 1 saturated heterocycles. The molecule has 0 aromatic rings. The zero-order valence-corrected chi connectivity index (χ0v) is 22.0. The first-order valence-corrected chi connectivity index (χ1v) is 17.7. The third-order valence-corrected chi connectivity index (χ3v) is 37.8. The second kappa shape index (κ2) is 6.91. The molecule has 23 heavy (non-hydrogen) atoms. The molecule has 1 aliphatic rings. The first-order valence-electron chi connectivity index (χ1n) is 8.74. The molecule has 0 radical (unpaired) electrons. The zero-order valence-electron chi connectivity index (χ0n) is 17.6. The lowest BCUT2D eigenvalue weighted by Crippen LogP contribution is -2.32. The van der Waals surface area contributed by atoms with Crippen molar-refractivity contribution in [2.24, 2.45) is 0 Å². The van der Waals surface area contributed by atoms with E-state index in [0.29, 0.717) is 20.6 Å². The molecule has 1 heterocycles. The van der Waals surface area contributed by atoms with E-state index in [4.69, 9.17) is 12.2 Å². The molecule has 4 unspecified atom stereocenters. The average molecular weight is 412 g/mol. The van der Waals surface area contributed by atoms with Crippen LogP contribution in [0.15, 0.2) is 0 Å². The fourth-order valence-electron chi connectivity index (χ4n) is 3.06. The SMILES string of the molecule is CC(C)(C)P1CP(C(C)(C)C)[P+]([S-])(C(C)(C)C)CP1C(C)(C)C. The minimum Gasteiger partial charge on any atom is -0.553 e. The first kappa shape index (κ1) is 23.1. The highest BCUT2D eigenvalue weighted by Gasteiger charge is 2.58. The van der Waals surface area contributed by atoms with Crippen molar-refractivity contribution < 1.29 is 0 Å². The van der Waals surface area contributed by atoms with Gasteiger partial charge in [-0.1, -0.05) is 76.1 Å². The highest BCUT2D eigenvalue weighted by atomic mass is 32.9. The van der Waals surface area contributed by atoms with Crippen molar-refractivity contribution in [3.63, 3.8) is 0 Å². The molecule has 0 aromatic carbocycles. The Hall–Kier alpha value is 2.07. The molecule has 0 N–H and O–H groups in total. The minimum absolute atomic E-state index is 0.0360. The first-order chi connectivity index (χ1) is 9.82. The van der Waals surface area contributed by atoms with E-state index in [1.165, 1.54) is 11.8 Å². The maximum atomic E-state index is 6.65. The summed E-state index contributed by atoms with van der Waals surface area (Å²) >= 11 is 6.65. The standard InChI is InChI=1S/C18H40P4S/c1-15(2,3)19-13-21(17(7,8)9)22(23,18(10,11)12)14-20(19)16(4,5)6/h13-14H2,1-12H3. The van der Waals surface area contributed by atoms with Gasteiger partial charge in [-0.2, -0.15) is 0 Å². The van der Waals surface area contributed by atoms with E-state index in [1.54, 1.807) is 0 Å². The molecule has 1 rings (SSSR count). The Balaban J connectivity index is 3.46. The van der Waals surface area contributed by atoms with Crippen LogP contribution in [0.25, 0.3) is 0 Å².